The standard InChI is InChI=1S/C13H14FN3O/c14-10-5-2-1-4-9(10)8-11-16-12(18-17-11)13(15)6-3-7-13/h1-2,4-5H,3,6-8,15H2. The van der Waals surface area contributed by atoms with Crippen LogP contribution in [0.3, 0.4) is 0 Å². The predicted octanol–water partition coefficient (Wildman–Crippen LogP) is 2.14. The van der Waals surface area contributed by atoms with Crippen LogP contribution < -0.4 is 5.73 Å². The summed E-state index contributed by atoms with van der Waals surface area (Å²) in [7, 11) is 0. The van der Waals surface area contributed by atoms with Gasteiger partial charge >= 0.3 is 0 Å². The van der Waals surface area contributed by atoms with Crippen molar-refractivity contribution in [1.82, 2.24) is 10.1 Å². The van der Waals surface area contributed by atoms with E-state index >= 15 is 0 Å². The van der Waals surface area contributed by atoms with Crippen LogP contribution in [0.4, 0.5) is 4.39 Å². The Bertz CT molecular complexity index is 563. The fourth-order valence-electron chi connectivity index (χ4n) is 2.11. The lowest BCUT2D eigenvalue weighted by Crippen LogP contribution is -2.43. The van der Waals surface area contributed by atoms with E-state index in [1.54, 1.807) is 18.2 Å². The van der Waals surface area contributed by atoms with Crippen LogP contribution in [-0.2, 0) is 12.0 Å². The van der Waals surface area contributed by atoms with Crippen LogP contribution in [0.2, 0.25) is 0 Å². The van der Waals surface area contributed by atoms with Gasteiger partial charge in [0.25, 0.3) is 0 Å². The van der Waals surface area contributed by atoms with E-state index in [-0.39, 0.29) is 5.82 Å². The van der Waals surface area contributed by atoms with Gasteiger partial charge in [0.15, 0.2) is 5.82 Å². The van der Waals surface area contributed by atoms with Gasteiger partial charge in [0.1, 0.15) is 5.82 Å². The number of aromatic nitrogens is 2. The van der Waals surface area contributed by atoms with E-state index in [2.05, 4.69) is 10.1 Å². The van der Waals surface area contributed by atoms with Crippen molar-refractivity contribution in [3.63, 3.8) is 0 Å². The molecule has 3 rings (SSSR count). The molecule has 5 heteroatoms. The van der Waals surface area contributed by atoms with Gasteiger partial charge in [0.2, 0.25) is 5.89 Å². The molecule has 0 atom stereocenters. The summed E-state index contributed by atoms with van der Waals surface area (Å²) in [5.74, 6) is 0.696. The number of hydrogen-bond acceptors (Lipinski definition) is 4. The lowest BCUT2D eigenvalue weighted by atomic mass is 9.78. The molecule has 0 saturated heterocycles. The van der Waals surface area contributed by atoms with E-state index in [0.29, 0.717) is 23.7 Å². The Morgan fingerprint density at radius 3 is 2.78 bits per heavy atom. The second-order valence-electron chi connectivity index (χ2n) is 4.79. The Kier molecular flexibility index (Phi) is 2.63. The zero-order chi connectivity index (χ0) is 12.6. The van der Waals surface area contributed by atoms with Gasteiger partial charge in [-0.05, 0) is 30.9 Å². The van der Waals surface area contributed by atoms with Gasteiger partial charge in [-0.3, -0.25) is 0 Å². The number of hydrogen-bond donors (Lipinski definition) is 1. The molecule has 1 aromatic heterocycles. The highest BCUT2D eigenvalue weighted by Gasteiger charge is 2.39. The van der Waals surface area contributed by atoms with E-state index in [1.165, 1.54) is 6.07 Å². The fourth-order valence-corrected chi connectivity index (χ4v) is 2.11. The molecule has 1 aliphatic carbocycles. The van der Waals surface area contributed by atoms with Crippen LogP contribution in [0.5, 0.6) is 0 Å². The molecule has 18 heavy (non-hydrogen) atoms. The molecule has 0 radical (unpaired) electrons. The molecule has 1 fully saturated rings. The molecule has 0 amide bonds. The monoisotopic (exact) mass is 247 g/mol. The summed E-state index contributed by atoms with van der Waals surface area (Å²) in [6.45, 7) is 0. The van der Waals surface area contributed by atoms with Gasteiger partial charge in [-0.2, -0.15) is 4.98 Å². The summed E-state index contributed by atoms with van der Waals surface area (Å²) in [6.07, 6.45) is 3.15. The molecule has 1 aromatic carbocycles. The molecule has 0 unspecified atom stereocenters. The quantitative estimate of drug-likeness (QED) is 0.902. The number of benzene rings is 1. The molecule has 1 aliphatic rings. The molecule has 0 bridgehead atoms. The maximum atomic E-state index is 13.5. The maximum absolute atomic E-state index is 13.5. The van der Waals surface area contributed by atoms with E-state index in [1.807, 2.05) is 0 Å². The molecule has 1 heterocycles. The summed E-state index contributed by atoms with van der Waals surface area (Å²) in [5, 5.41) is 3.87. The third-order valence-corrected chi connectivity index (χ3v) is 3.45. The smallest absolute Gasteiger partial charge is 0.246 e. The molecule has 4 nitrogen and oxygen atoms in total. The van der Waals surface area contributed by atoms with Crippen LogP contribution in [0, 0.1) is 5.82 Å². The summed E-state index contributed by atoms with van der Waals surface area (Å²) in [4.78, 5) is 4.27. The van der Waals surface area contributed by atoms with Crippen LogP contribution in [0.1, 0.15) is 36.5 Å². The average Bonchev–Trinajstić information content (AvgIpc) is 2.78. The molecule has 2 aromatic rings. The molecular weight excluding hydrogens is 233 g/mol. The SMILES string of the molecule is NC1(c2nc(Cc3ccccc3F)no2)CCC1. The van der Waals surface area contributed by atoms with Crippen molar-refractivity contribution in [3.8, 4) is 0 Å². The first kappa shape index (κ1) is 11.3. The Labute approximate surface area is 104 Å². The maximum Gasteiger partial charge on any atom is 0.246 e. The lowest BCUT2D eigenvalue weighted by Gasteiger charge is -2.33. The first-order valence-electron chi connectivity index (χ1n) is 6.03. The van der Waals surface area contributed by atoms with E-state index in [0.717, 1.165) is 19.3 Å². The van der Waals surface area contributed by atoms with Crippen molar-refractivity contribution >= 4 is 0 Å². The minimum absolute atomic E-state index is 0.255. The minimum atomic E-state index is -0.458. The van der Waals surface area contributed by atoms with Crippen molar-refractivity contribution in [2.24, 2.45) is 5.73 Å². The Hall–Kier alpha value is -1.75. The molecule has 1 saturated carbocycles. The molecule has 0 spiro atoms. The molecule has 0 aliphatic heterocycles. The van der Waals surface area contributed by atoms with Crippen LogP contribution in [-0.4, -0.2) is 10.1 Å². The zero-order valence-corrected chi connectivity index (χ0v) is 9.90. The average molecular weight is 247 g/mol. The topological polar surface area (TPSA) is 64.9 Å². The number of rotatable bonds is 3. The van der Waals surface area contributed by atoms with Crippen LogP contribution >= 0.6 is 0 Å². The number of nitrogens with two attached hydrogens (primary N) is 1. The van der Waals surface area contributed by atoms with Crippen LogP contribution in [0.15, 0.2) is 28.8 Å². The normalized spacial score (nSPS) is 17.4. The first-order valence-corrected chi connectivity index (χ1v) is 6.03. The van der Waals surface area contributed by atoms with Gasteiger partial charge in [0.05, 0.1) is 5.54 Å². The van der Waals surface area contributed by atoms with Crippen molar-refractivity contribution in [1.29, 1.82) is 0 Å². The largest absolute Gasteiger partial charge is 0.337 e. The fraction of sp³-hybridized carbons (Fsp3) is 0.385. The van der Waals surface area contributed by atoms with Crippen molar-refractivity contribution in [2.75, 3.05) is 0 Å². The Morgan fingerprint density at radius 1 is 1.33 bits per heavy atom. The lowest BCUT2D eigenvalue weighted by molar-refractivity contribution is 0.181. The minimum Gasteiger partial charge on any atom is -0.337 e. The van der Waals surface area contributed by atoms with E-state index in [4.69, 9.17) is 10.3 Å². The molecular formula is C13H14FN3O. The van der Waals surface area contributed by atoms with Gasteiger partial charge < -0.3 is 10.3 Å². The Balaban J connectivity index is 1.80. The van der Waals surface area contributed by atoms with Gasteiger partial charge in [-0.1, -0.05) is 23.4 Å². The summed E-state index contributed by atoms with van der Waals surface area (Å²) in [5.41, 5.74) is 6.19. The molecule has 2 N–H and O–H groups in total. The number of halogens is 1. The summed E-state index contributed by atoms with van der Waals surface area (Å²) < 4.78 is 18.7. The molecule has 94 valence electrons. The Morgan fingerprint density at radius 2 is 2.11 bits per heavy atom. The second kappa shape index (κ2) is 4.17. The van der Waals surface area contributed by atoms with Crippen molar-refractivity contribution in [3.05, 3.63) is 47.4 Å². The highest BCUT2D eigenvalue weighted by atomic mass is 19.1. The number of nitrogens with zero attached hydrogens (tertiary/aromatic N) is 2. The van der Waals surface area contributed by atoms with Crippen molar-refractivity contribution < 1.29 is 8.91 Å². The summed E-state index contributed by atoms with van der Waals surface area (Å²) in [6, 6.07) is 6.58. The van der Waals surface area contributed by atoms with E-state index in [9.17, 15) is 4.39 Å². The van der Waals surface area contributed by atoms with Gasteiger partial charge in [-0.25, -0.2) is 4.39 Å². The zero-order valence-electron chi connectivity index (χ0n) is 9.90. The third-order valence-electron chi connectivity index (χ3n) is 3.45. The summed E-state index contributed by atoms with van der Waals surface area (Å²) >= 11 is 0. The highest BCUT2D eigenvalue weighted by Crippen LogP contribution is 2.37. The third kappa shape index (κ3) is 1.90. The van der Waals surface area contributed by atoms with Gasteiger partial charge in [-0.15, -0.1) is 0 Å². The van der Waals surface area contributed by atoms with Crippen LogP contribution in [0.25, 0.3) is 0 Å². The van der Waals surface area contributed by atoms with Crippen molar-refractivity contribution in [2.45, 2.75) is 31.2 Å². The predicted molar refractivity (Wildman–Crippen MR) is 63.2 cm³/mol. The van der Waals surface area contributed by atoms with E-state index < -0.39 is 5.54 Å². The second-order valence-corrected chi connectivity index (χ2v) is 4.79. The van der Waals surface area contributed by atoms with Gasteiger partial charge in [0, 0.05) is 6.42 Å². The first-order chi connectivity index (χ1) is 8.67. The highest BCUT2D eigenvalue weighted by molar-refractivity contribution is 5.21.